The van der Waals surface area contributed by atoms with Crippen LogP contribution in [0.15, 0.2) is 18.2 Å². The largest absolute Gasteiger partial charge is 0.497 e. The molecule has 0 spiro atoms. The van der Waals surface area contributed by atoms with Gasteiger partial charge in [0.15, 0.2) is 0 Å². The minimum absolute atomic E-state index is 0.0852. The zero-order valence-electron chi connectivity index (χ0n) is 12.9. The number of carbonyl (C=O) groups excluding carboxylic acids is 1. The van der Waals surface area contributed by atoms with Gasteiger partial charge in [-0.3, -0.25) is 4.79 Å². The van der Waals surface area contributed by atoms with Crippen LogP contribution in [0.2, 0.25) is 0 Å². The smallest absolute Gasteiger partial charge is 0.222 e. The lowest BCUT2D eigenvalue weighted by molar-refractivity contribution is -0.121. The highest BCUT2D eigenvalue weighted by atomic mass is 16.5. The van der Waals surface area contributed by atoms with Gasteiger partial charge >= 0.3 is 0 Å². The van der Waals surface area contributed by atoms with E-state index in [-0.39, 0.29) is 5.91 Å². The molecule has 0 aliphatic carbocycles. The fourth-order valence-corrected chi connectivity index (χ4v) is 2.19. The van der Waals surface area contributed by atoms with E-state index in [1.807, 2.05) is 18.2 Å². The molecule has 0 bridgehead atoms. The summed E-state index contributed by atoms with van der Waals surface area (Å²) in [6, 6.07) is 5.59. The SMILES string of the molecule is COc1ccc2nc(CNC(=O)CCn3nnnc3C)[nH]c2c1. The first kappa shape index (κ1) is 14.9. The molecule has 0 radical (unpaired) electrons. The number of ether oxygens (including phenoxy) is 1. The molecule has 0 saturated heterocycles. The number of rotatable bonds is 6. The Hall–Kier alpha value is -2.97. The summed E-state index contributed by atoms with van der Waals surface area (Å²) in [4.78, 5) is 19.5. The van der Waals surface area contributed by atoms with Crippen LogP contribution >= 0.6 is 0 Å². The summed E-state index contributed by atoms with van der Waals surface area (Å²) in [6.45, 7) is 2.58. The molecule has 2 heterocycles. The molecule has 1 amide bonds. The Morgan fingerprint density at radius 2 is 2.30 bits per heavy atom. The molecular weight excluding hydrogens is 298 g/mol. The van der Waals surface area contributed by atoms with E-state index in [1.54, 1.807) is 18.7 Å². The average Bonchev–Trinajstić information content (AvgIpc) is 3.15. The van der Waals surface area contributed by atoms with Crippen LogP contribution in [0.1, 0.15) is 18.1 Å². The summed E-state index contributed by atoms with van der Waals surface area (Å²) in [5.41, 5.74) is 1.71. The number of fused-ring (bicyclic) bond motifs is 1. The molecule has 9 nitrogen and oxygen atoms in total. The van der Waals surface area contributed by atoms with E-state index in [4.69, 9.17) is 4.74 Å². The Labute approximate surface area is 132 Å². The van der Waals surface area contributed by atoms with Gasteiger partial charge in [-0.05, 0) is 29.5 Å². The Kier molecular flexibility index (Phi) is 4.18. The number of benzene rings is 1. The lowest BCUT2D eigenvalue weighted by Crippen LogP contribution is -2.24. The fraction of sp³-hybridized carbons (Fsp3) is 0.357. The van der Waals surface area contributed by atoms with Crippen molar-refractivity contribution in [3.8, 4) is 5.75 Å². The first-order valence-electron chi connectivity index (χ1n) is 7.18. The second kappa shape index (κ2) is 6.42. The van der Waals surface area contributed by atoms with E-state index in [1.165, 1.54) is 0 Å². The molecule has 0 saturated carbocycles. The number of tetrazole rings is 1. The van der Waals surface area contributed by atoms with Gasteiger partial charge in [0.1, 0.15) is 17.4 Å². The highest BCUT2D eigenvalue weighted by molar-refractivity contribution is 5.77. The standard InChI is InChI=1S/C14H17N7O2/c1-9-18-19-20-21(9)6-5-14(22)15-8-13-16-11-4-3-10(23-2)7-12(11)17-13/h3-4,7H,5-6,8H2,1-2H3,(H,15,22)(H,16,17). The third-order valence-electron chi connectivity index (χ3n) is 3.45. The Bertz CT molecular complexity index is 824. The molecule has 0 atom stereocenters. The molecule has 0 aliphatic rings. The minimum atomic E-state index is -0.0852. The van der Waals surface area contributed by atoms with Gasteiger partial charge in [0.25, 0.3) is 0 Å². The third-order valence-corrected chi connectivity index (χ3v) is 3.45. The van der Waals surface area contributed by atoms with Crippen molar-refractivity contribution in [2.75, 3.05) is 7.11 Å². The zero-order valence-corrected chi connectivity index (χ0v) is 12.9. The summed E-state index contributed by atoms with van der Waals surface area (Å²) in [7, 11) is 1.62. The van der Waals surface area contributed by atoms with Gasteiger partial charge in [0.05, 0.1) is 31.2 Å². The normalized spacial score (nSPS) is 10.9. The van der Waals surface area contributed by atoms with Crippen LogP contribution in [0.3, 0.4) is 0 Å². The summed E-state index contributed by atoms with van der Waals surface area (Å²) in [5, 5.41) is 13.9. The highest BCUT2D eigenvalue weighted by Gasteiger charge is 2.08. The number of methoxy groups -OCH3 is 1. The molecule has 0 aliphatic heterocycles. The summed E-state index contributed by atoms with van der Waals surface area (Å²) in [5.74, 6) is 2.05. The Morgan fingerprint density at radius 3 is 3.04 bits per heavy atom. The zero-order chi connectivity index (χ0) is 16.2. The van der Waals surface area contributed by atoms with Crippen LogP contribution < -0.4 is 10.1 Å². The van der Waals surface area contributed by atoms with Crippen LogP contribution in [0.5, 0.6) is 5.75 Å². The number of nitrogens with one attached hydrogen (secondary N) is 2. The second-order valence-electron chi connectivity index (χ2n) is 5.04. The average molecular weight is 315 g/mol. The topological polar surface area (TPSA) is 111 Å². The number of imidazole rings is 1. The van der Waals surface area contributed by atoms with Crippen LogP contribution in [0, 0.1) is 6.92 Å². The fourth-order valence-electron chi connectivity index (χ4n) is 2.19. The molecule has 120 valence electrons. The number of H-pyrrole nitrogens is 1. The molecular formula is C14H17N7O2. The van der Waals surface area contributed by atoms with Crippen molar-refractivity contribution < 1.29 is 9.53 Å². The summed E-state index contributed by atoms with van der Waals surface area (Å²) < 4.78 is 6.76. The van der Waals surface area contributed by atoms with Gasteiger partial charge in [0.2, 0.25) is 5.91 Å². The maximum Gasteiger partial charge on any atom is 0.222 e. The third kappa shape index (κ3) is 3.44. The van der Waals surface area contributed by atoms with E-state index in [0.29, 0.717) is 31.2 Å². The maximum absolute atomic E-state index is 11.9. The van der Waals surface area contributed by atoms with Gasteiger partial charge in [0, 0.05) is 12.5 Å². The number of hydrogen-bond acceptors (Lipinski definition) is 6. The van der Waals surface area contributed by atoms with E-state index < -0.39 is 0 Å². The molecule has 2 aromatic heterocycles. The number of aromatic nitrogens is 6. The molecule has 1 aromatic carbocycles. The second-order valence-corrected chi connectivity index (χ2v) is 5.04. The summed E-state index contributed by atoms with van der Waals surface area (Å²) in [6.07, 6.45) is 0.305. The van der Waals surface area contributed by atoms with Gasteiger partial charge < -0.3 is 15.0 Å². The van der Waals surface area contributed by atoms with Crippen LogP contribution in [-0.4, -0.2) is 43.2 Å². The highest BCUT2D eigenvalue weighted by Crippen LogP contribution is 2.18. The van der Waals surface area contributed by atoms with E-state index >= 15 is 0 Å². The molecule has 9 heteroatoms. The number of carbonyl (C=O) groups is 1. The van der Waals surface area contributed by atoms with E-state index in [0.717, 1.165) is 16.8 Å². The van der Waals surface area contributed by atoms with Gasteiger partial charge in [-0.1, -0.05) is 0 Å². The Balaban J connectivity index is 1.55. The number of aryl methyl sites for hydroxylation is 2. The molecule has 0 fully saturated rings. The molecule has 23 heavy (non-hydrogen) atoms. The van der Waals surface area contributed by atoms with Crippen LogP contribution in [0.25, 0.3) is 11.0 Å². The molecule has 3 rings (SSSR count). The van der Waals surface area contributed by atoms with Gasteiger partial charge in [-0.2, -0.15) is 0 Å². The van der Waals surface area contributed by atoms with Crippen molar-refractivity contribution in [2.45, 2.75) is 26.4 Å². The number of amides is 1. The molecule has 0 unspecified atom stereocenters. The van der Waals surface area contributed by atoms with Crippen molar-refractivity contribution >= 4 is 16.9 Å². The number of nitrogens with zero attached hydrogens (tertiary/aromatic N) is 5. The quantitative estimate of drug-likeness (QED) is 0.688. The first-order chi connectivity index (χ1) is 11.2. The first-order valence-corrected chi connectivity index (χ1v) is 7.18. The van der Waals surface area contributed by atoms with Gasteiger partial charge in [-0.25, -0.2) is 9.67 Å². The molecule has 3 aromatic rings. The van der Waals surface area contributed by atoms with E-state index in [9.17, 15) is 4.79 Å². The Morgan fingerprint density at radius 1 is 1.43 bits per heavy atom. The summed E-state index contributed by atoms with van der Waals surface area (Å²) >= 11 is 0. The lowest BCUT2D eigenvalue weighted by Gasteiger charge is -2.03. The van der Waals surface area contributed by atoms with Crippen molar-refractivity contribution in [2.24, 2.45) is 0 Å². The van der Waals surface area contributed by atoms with Gasteiger partial charge in [-0.15, -0.1) is 5.10 Å². The van der Waals surface area contributed by atoms with Crippen molar-refractivity contribution in [3.63, 3.8) is 0 Å². The maximum atomic E-state index is 11.9. The number of hydrogen-bond donors (Lipinski definition) is 2. The van der Waals surface area contributed by atoms with E-state index in [2.05, 4.69) is 30.8 Å². The lowest BCUT2D eigenvalue weighted by atomic mass is 10.3. The van der Waals surface area contributed by atoms with Crippen molar-refractivity contribution in [3.05, 3.63) is 29.8 Å². The number of aromatic amines is 1. The predicted octanol–water partition coefficient (Wildman–Crippen LogP) is 0.573. The minimum Gasteiger partial charge on any atom is -0.497 e. The van der Waals surface area contributed by atoms with Crippen LogP contribution in [-0.2, 0) is 17.9 Å². The molecule has 2 N–H and O–H groups in total. The monoisotopic (exact) mass is 315 g/mol. The van der Waals surface area contributed by atoms with Crippen LogP contribution in [0.4, 0.5) is 0 Å². The van der Waals surface area contributed by atoms with Crippen molar-refractivity contribution in [1.82, 2.24) is 35.5 Å². The van der Waals surface area contributed by atoms with Crippen molar-refractivity contribution in [1.29, 1.82) is 0 Å². The predicted molar refractivity (Wildman–Crippen MR) is 81.7 cm³/mol.